The molecule has 6 nitrogen and oxygen atoms in total. The number of hydrogen-bond acceptors (Lipinski definition) is 5. The van der Waals surface area contributed by atoms with Gasteiger partial charge in [-0.25, -0.2) is 5.84 Å². The van der Waals surface area contributed by atoms with Crippen molar-refractivity contribution >= 4 is 5.91 Å². The largest absolute Gasteiger partial charge is 0.454 e. The highest BCUT2D eigenvalue weighted by Gasteiger charge is 2.29. The standard InChI is InChI=1S/C15H24N4O2/c1-11-8-13(21-14(11)15(20)17-16)10-18-5-3-7-19-6-2-4-12(19)9-18/h8,12H,2-7,9-10,16H2,1H3,(H,17,20). The van der Waals surface area contributed by atoms with Gasteiger partial charge in [-0.1, -0.05) is 0 Å². The van der Waals surface area contributed by atoms with Crippen molar-refractivity contribution in [3.63, 3.8) is 0 Å². The molecule has 3 N–H and O–H groups in total. The summed E-state index contributed by atoms with van der Waals surface area (Å²) in [7, 11) is 0. The Balaban J connectivity index is 1.67. The molecule has 0 bridgehead atoms. The zero-order valence-corrected chi connectivity index (χ0v) is 12.6. The van der Waals surface area contributed by atoms with E-state index >= 15 is 0 Å². The van der Waals surface area contributed by atoms with E-state index in [1.54, 1.807) is 0 Å². The molecule has 1 unspecified atom stereocenters. The van der Waals surface area contributed by atoms with E-state index < -0.39 is 0 Å². The first-order chi connectivity index (χ1) is 10.2. The molecule has 1 aromatic heterocycles. The van der Waals surface area contributed by atoms with E-state index in [1.807, 2.05) is 13.0 Å². The van der Waals surface area contributed by atoms with E-state index in [4.69, 9.17) is 10.3 Å². The predicted molar refractivity (Wildman–Crippen MR) is 79.6 cm³/mol. The first-order valence-corrected chi connectivity index (χ1v) is 7.74. The number of carbonyl (C=O) groups is 1. The van der Waals surface area contributed by atoms with Crippen LogP contribution in [-0.4, -0.2) is 47.9 Å². The van der Waals surface area contributed by atoms with Crippen LogP contribution in [0.4, 0.5) is 0 Å². The van der Waals surface area contributed by atoms with E-state index in [9.17, 15) is 4.79 Å². The fourth-order valence-corrected chi connectivity index (χ4v) is 3.56. The Morgan fingerprint density at radius 3 is 3.05 bits per heavy atom. The van der Waals surface area contributed by atoms with Crippen LogP contribution in [0.3, 0.4) is 0 Å². The average molecular weight is 292 g/mol. The van der Waals surface area contributed by atoms with Gasteiger partial charge in [0.2, 0.25) is 0 Å². The molecule has 116 valence electrons. The highest BCUT2D eigenvalue weighted by Crippen LogP contribution is 2.23. The molecule has 2 saturated heterocycles. The van der Waals surface area contributed by atoms with E-state index in [1.165, 1.54) is 32.4 Å². The number of amides is 1. The van der Waals surface area contributed by atoms with Crippen LogP contribution in [0, 0.1) is 6.92 Å². The van der Waals surface area contributed by atoms with Crippen molar-refractivity contribution in [2.45, 2.75) is 38.8 Å². The Bertz CT molecular complexity index is 514. The van der Waals surface area contributed by atoms with Gasteiger partial charge in [-0.15, -0.1) is 0 Å². The summed E-state index contributed by atoms with van der Waals surface area (Å²) in [5, 5.41) is 0. The van der Waals surface area contributed by atoms with Crippen molar-refractivity contribution in [3.05, 3.63) is 23.2 Å². The molecule has 21 heavy (non-hydrogen) atoms. The summed E-state index contributed by atoms with van der Waals surface area (Å²) in [5.41, 5.74) is 2.96. The van der Waals surface area contributed by atoms with E-state index in [0.717, 1.165) is 31.0 Å². The quantitative estimate of drug-likeness (QED) is 0.491. The molecular formula is C15H24N4O2. The number of furan rings is 1. The maximum absolute atomic E-state index is 11.6. The van der Waals surface area contributed by atoms with E-state index in [-0.39, 0.29) is 5.91 Å². The highest BCUT2D eigenvalue weighted by atomic mass is 16.4. The topological polar surface area (TPSA) is 74.7 Å². The number of hydrazine groups is 1. The molecule has 2 aliphatic heterocycles. The van der Waals surface area contributed by atoms with Crippen LogP contribution in [-0.2, 0) is 6.54 Å². The Hall–Kier alpha value is -1.37. The third-order valence-electron chi connectivity index (χ3n) is 4.57. The van der Waals surface area contributed by atoms with Crippen molar-refractivity contribution in [2.24, 2.45) is 5.84 Å². The average Bonchev–Trinajstić information content (AvgIpc) is 3.00. The first-order valence-electron chi connectivity index (χ1n) is 7.74. The van der Waals surface area contributed by atoms with Gasteiger partial charge in [-0.05, 0) is 51.9 Å². The molecule has 0 spiro atoms. The van der Waals surface area contributed by atoms with Gasteiger partial charge in [0.05, 0.1) is 6.54 Å². The molecular weight excluding hydrogens is 268 g/mol. The zero-order chi connectivity index (χ0) is 14.8. The summed E-state index contributed by atoms with van der Waals surface area (Å²) >= 11 is 0. The minimum atomic E-state index is -0.364. The van der Waals surface area contributed by atoms with Gasteiger partial charge in [-0.3, -0.25) is 20.0 Å². The number of nitrogens with one attached hydrogen (secondary N) is 1. The molecule has 0 aromatic carbocycles. The van der Waals surface area contributed by atoms with Gasteiger partial charge in [0.25, 0.3) is 0 Å². The van der Waals surface area contributed by atoms with Crippen molar-refractivity contribution in [2.75, 3.05) is 26.2 Å². The van der Waals surface area contributed by atoms with E-state index in [2.05, 4.69) is 15.2 Å². The molecule has 1 atom stereocenters. The highest BCUT2D eigenvalue weighted by molar-refractivity contribution is 5.92. The van der Waals surface area contributed by atoms with Crippen LogP contribution in [0.5, 0.6) is 0 Å². The lowest BCUT2D eigenvalue weighted by Crippen LogP contribution is -2.36. The molecule has 0 aliphatic carbocycles. The number of nitrogens with zero attached hydrogens (tertiary/aromatic N) is 2. The summed E-state index contributed by atoms with van der Waals surface area (Å²) in [6.45, 7) is 7.28. The van der Waals surface area contributed by atoms with Crippen LogP contribution < -0.4 is 11.3 Å². The minimum Gasteiger partial charge on any atom is -0.454 e. The fourth-order valence-electron chi connectivity index (χ4n) is 3.56. The molecule has 2 aliphatic rings. The lowest BCUT2D eigenvalue weighted by atomic mass is 10.2. The first kappa shape index (κ1) is 14.6. The second-order valence-electron chi connectivity index (χ2n) is 6.12. The lowest BCUT2D eigenvalue weighted by Gasteiger charge is -2.24. The molecule has 2 fully saturated rings. The fraction of sp³-hybridized carbons (Fsp3) is 0.667. The van der Waals surface area contributed by atoms with Crippen LogP contribution >= 0.6 is 0 Å². The molecule has 0 saturated carbocycles. The van der Waals surface area contributed by atoms with Gasteiger partial charge in [0, 0.05) is 18.2 Å². The molecule has 1 aromatic rings. The van der Waals surface area contributed by atoms with Gasteiger partial charge in [0.1, 0.15) is 5.76 Å². The smallest absolute Gasteiger partial charge is 0.301 e. The number of rotatable bonds is 3. The van der Waals surface area contributed by atoms with Gasteiger partial charge in [-0.2, -0.15) is 0 Å². The predicted octanol–water partition coefficient (Wildman–Crippen LogP) is 0.862. The van der Waals surface area contributed by atoms with Gasteiger partial charge >= 0.3 is 5.91 Å². The van der Waals surface area contributed by atoms with E-state index in [0.29, 0.717) is 11.8 Å². The zero-order valence-electron chi connectivity index (χ0n) is 12.6. The third kappa shape index (κ3) is 3.12. The number of hydrogen-bond donors (Lipinski definition) is 2. The second-order valence-corrected chi connectivity index (χ2v) is 6.12. The van der Waals surface area contributed by atoms with Crippen LogP contribution in [0.25, 0.3) is 0 Å². The van der Waals surface area contributed by atoms with Crippen molar-refractivity contribution in [3.8, 4) is 0 Å². The van der Waals surface area contributed by atoms with Gasteiger partial charge in [0.15, 0.2) is 5.76 Å². The maximum Gasteiger partial charge on any atom is 0.301 e. The molecule has 3 heterocycles. The lowest BCUT2D eigenvalue weighted by molar-refractivity contribution is 0.0921. The second kappa shape index (κ2) is 6.17. The van der Waals surface area contributed by atoms with Gasteiger partial charge < -0.3 is 4.42 Å². The van der Waals surface area contributed by atoms with Crippen LogP contribution in [0.1, 0.15) is 41.1 Å². The molecule has 1 amide bonds. The Labute approximate surface area is 125 Å². The normalized spacial score (nSPS) is 23.8. The Kier molecular flexibility index (Phi) is 4.28. The number of nitrogen functional groups attached to an aromatic ring is 1. The maximum atomic E-state index is 11.6. The summed E-state index contributed by atoms with van der Waals surface area (Å²) in [4.78, 5) is 16.6. The summed E-state index contributed by atoms with van der Waals surface area (Å²) < 4.78 is 5.67. The summed E-state index contributed by atoms with van der Waals surface area (Å²) in [5.74, 6) is 5.97. The Morgan fingerprint density at radius 1 is 1.43 bits per heavy atom. The molecule has 6 heteroatoms. The monoisotopic (exact) mass is 292 g/mol. The van der Waals surface area contributed by atoms with Crippen molar-refractivity contribution in [1.82, 2.24) is 15.2 Å². The molecule has 0 radical (unpaired) electrons. The third-order valence-corrected chi connectivity index (χ3v) is 4.57. The number of carbonyl (C=O) groups excluding carboxylic acids is 1. The van der Waals surface area contributed by atoms with Crippen molar-refractivity contribution < 1.29 is 9.21 Å². The number of nitrogens with two attached hydrogens (primary N) is 1. The summed E-state index contributed by atoms with van der Waals surface area (Å²) in [6.07, 6.45) is 3.82. The Morgan fingerprint density at radius 2 is 2.24 bits per heavy atom. The SMILES string of the molecule is Cc1cc(CN2CCCN3CCCC3C2)oc1C(=O)NN. The van der Waals surface area contributed by atoms with Crippen LogP contribution in [0.2, 0.25) is 0 Å². The summed E-state index contributed by atoms with van der Waals surface area (Å²) in [6, 6.07) is 2.64. The van der Waals surface area contributed by atoms with Crippen molar-refractivity contribution in [1.29, 1.82) is 0 Å². The number of fused-ring (bicyclic) bond motifs is 1. The number of aryl methyl sites for hydroxylation is 1. The van der Waals surface area contributed by atoms with Crippen LogP contribution in [0.15, 0.2) is 10.5 Å². The minimum absolute atomic E-state index is 0.324. The molecule has 3 rings (SSSR count).